The van der Waals surface area contributed by atoms with Crippen molar-refractivity contribution in [2.45, 2.75) is 31.6 Å². The number of benzene rings is 4. The Kier molecular flexibility index (Phi) is 4.13. The normalized spacial score (nSPS) is 14.5. The van der Waals surface area contributed by atoms with E-state index in [0.29, 0.717) is 17.8 Å². The summed E-state index contributed by atoms with van der Waals surface area (Å²) in [7, 11) is 0. The number of hydrogen-bond donors (Lipinski definition) is 0. The summed E-state index contributed by atoms with van der Waals surface area (Å²) in [5.74, 6) is 1.44. The Bertz CT molecular complexity index is 1050. The van der Waals surface area contributed by atoms with Crippen molar-refractivity contribution in [1.82, 2.24) is 0 Å². The smallest absolute Gasteiger partial charge is 0.0139 e. The van der Waals surface area contributed by atoms with Crippen LogP contribution in [0.4, 0.5) is 0 Å². The summed E-state index contributed by atoms with van der Waals surface area (Å²) in [4.78, 5) is 0. The molecule has 6 rings (SSSR count). The Balaban J connectivity index is 1.58. The molecule has 0 nitrogen and oxygen atoms in total. The first-order valence-electron chi connectivity index (χ1n) is 11.2. The van der Waals surface area contributed by atoms with Gasteiger partial charge in [0.25, 0.3) is 0 Å². The number of fused-ring (bicyclic) bond motifs is 6. The van der Waals surface area contributed by atoms with E-state index < -0.39 is 0 Å². The molecule has 0 radical (unpaired) electrons. The molecule has 0 bridgehead atoms. The van der Waals surface area contributed by atoms with Gasteiger partial charge in [-0.15, -0.1) is 0 Å². The van der Waals surface area contributed by atoms with Crippen LogP contribution in [0.1, 0.15) is 53.9 Å². The fraction of sp³-hybridized carbons (Fsp3) is 0.200. The molecule has 4 aromatic carbocycles. The molecule has 0 amide bonds. The molecule has 4 aromatic rings. The van der Waals surface area contributed by atoms with Crippen LogP contribution in [0.25, 0.3) is 22.3 Å². The standard InChI is InChI=1S/C30H26/c1-2-11-28(29-24-16-7-3-12-20(24)21-13-4-8-17-25(21)29)30-26-18-9-5-14-22(26)23-15-6-10-19-27(23)30/h3-10,12-19,28-30H,2,11H2,1H3. The van der Waals surface area contributed by atoms with E-state index in [1.807, 2.05) is 0 Å². The summed E-state index contributed by atoms with van der Waals surface area (Å²) in [5, 5.41) is 0. The third-order valence-electron chi connectivity index (χ3n) is 7.24. The molecule has 146 valence electrons. The average Bonchev–Trinajstić information content (AvgIpc) is 3.31. The van der Waals surface area contributed by atoms with E-state index >= 15 is 0 Å². The summed E-state index contributed by atoms with van der Waals surface area (Å²) < 4.78 is 0. The van der Waals surface area contributed by atoms with Gasteiger partial charge < -0.3 is 0 Å². The third-order valence-corrected chi connectivity index (χ3v) is 7.24. The maximum Gasteiger partial charge on any atom is 0.0139 e. The van der Waals surface area contributed by atoms with Gasteiger partial charge >= 0.3 is 0 Å². The summed E-state index contributed by atoms with van der Waals surface area (Å²) in [6, 6.07) is 36.4. The van der Waals surface area contributed by atoms with Crippen molar-refractivity contribution in [1.29, 1.82) is 0 Å². The predicted octanol–water partition coefficient (Wildman–Crippen LogP) is 8.03. The van der Waals surface area contributed by atoms with Crippen LogP contribution in [0.3, 0.4) is 0 Å². The van der Waals surface area contributed by atoms with Gasteiger partial charge in [-0.05, 0) is 56.8 Å². The van der Waals surface area contributed by atoms with Gasteiger partial charge in [-0.2, -0.15) is 0 Å². The minimum atomic E-state index is 0.446. The second kappa shape index (κ2) is 6.99. The van der Waals surface area contributed by atoms with Crippen molar-refractivity contribution in [2.75, 3.05) is 0 Å². The van der Waals surface area contributed by atoms with Gasteiger partial charge in [0.1, 0.15) is 0 Å². The molecule has 0 N–H and O–H groups in total. The highest BCUT2D eigenvalue weighted by molar-refractivity contribution is 5.81. The largest absolute Gasteiger partial charge is 0.0654 e. The Morgan fingerprint density at radius 1 is 0.500 bits per heavy atom. The van der Waals surface area contributed by atoms with Gasteiger partial charge in [0.05, 0.1) is 0 Å². The van der Waals surface area contributed by atoms with Crippen LogP contribution in [0.5, 0.6) is 0 Å². The zero-order valence-electron chi connectivity index (χ0n) is 17.4. The Morgan fingerprint density at radius 2 is 0.800 bits per heavy atom. The molecule has 0 saturated heterocycles. The first-order valence-corrected chi connectivity index (χ1v) is 11.2. The van der Waals surface area contributed by atoms with Crippen LogP contribution in [0.15, 0.2) is 97.1 Å². The highest BCUT2D eigenvalue weighted by Gasteiger charge is 2.42. The van der Waals surface area contributed by atoms with Crippen LogP contribution >= 0.6 is 0 Å². The molecule has 2 aliphatic carbocycles. The molecular formula is C30H26. The van der Waals surface area contributed by atoms with E-state index in [-0.39, 0.29) is 0 Å². The first kappa shape index (κ1) is 17.7. The highest BCUT2D eigenvalue weighted by Crippen LogP contribution is 2.57. The molecule has 0 aromatic heterocycles. The second-order valence-electron chi connectivity index (χ2n) is 8.76. The van der Waals surface area contributed by atoms with Gasteiger partial charge in [-0.1, -0.05) is 110 Å². The van der Waals surface area contributed by atoms with E-state index in [2.05, 4.69) is 104 Å². The van der Waals surface area contributed by atoms with Crippen LogP contribution in [0, 0.1) is 5.92 Å². The lowest BCUT2D eigenvalue weighted by molar-refractivity contribution is 0.392. The summed E-state index contributed by atoms with van der Waals surface area (Å²) in [6.45, 7) is 2.34. The van der Waals surface area contributed by atoms with E-state index in [1.165, 1.54) is 57.3 Å². The van der Waals surface area contributed by atoms with E-state index in [9.17, 15) is 0 Å². The van der Waals surface area contributed by atoms with Gasteiger partial charge in [0.15, 0.2) is 0 Å². The molecule has 0 fully saturated rings. The van der Waals surface area contributed by atoms with Gasteiger partial charge in [-0.25, -0.2) is 0 Å². The SMILES string of the molecule is CCCC(C1c2ccccc2-c2ccccc21)C1c2ccccc2-c2ccccc21. The lowest BCUT2D eigenvalue weighted by Gasteiger charge is -2.32. The van der Waals surface area contributed by atoms with E-state index in [4.69, 9.17) is 0 Å². The van der Waals surface area contributed by atoms with Crippen molar-refractivity contribution in [3.63, 3.8) is 0 Å². The van der Waals surface area contributed by atoms with Crippen molar-refractivity contribution in [3.05, 3.63) is 119 Å². The topological polar surface area (TPSA) is 0 Å². The Morgan fingerprint density at radius 3 is 1.10 bits per heavy atom. The lowest BCUT2D eigenvalue weighted by atomic mass is 9.71. The molecular weight excluding hydrogens is 360 g/mol. The fourth-order valence-corrected chi connectivity index (χ4v) is 6.17. The van der Waals surface area contributed by atoms with Crippen LogP contribution in [-0.4, -0.2) is 0 Å². The molecule has 30 heavy (non-hydrogen) atoms. The quantitative estimate of drug-likeness (QED) is 0.333. The summed E-state index contributed by atoms with van der Waals surface area (Å²) in [5.41, 5.74) is 11.8. The fourth-order valence-electron chi connectivity index (χ4n) is 6.17. The highest BCUT2D eigenvalue weighted by atomic mass is 14.4. The van der Waals surface area contributed by atoms with Gasteiger partial charge in [0.2, 0.25) is 0 Å². The Hall–Kier alpha value is -3.12. The summed E-state index contributed by atoms with van der Waals surface area (Å²) >= 11 is 0. The van der Waals surface area contributed by atoms with Crippen LogP contribution in [0.2, 0.25) is 0 Å². The monoisotopic (exact) mass is 386 g/mol. The molecule has 0 aliphatic heterocycles. The molecule has 0 atom stereocenters. The first-order chi connectivity index (χ1) is 14.9. The zero-order chi connectivity index (χ0) is 20.1. The molecule has 0 unspecified atom stereocenters. The maximum absolute atomic E-state index is 2.37. The van der Waals surface area contributed by atoms with Crippen molar-refractivity contribution < 1.29 is 0 Å². The third kappa shape index (κ3) is 2.46. The minimum Gasteiger partial charge on any atom is -0.0654 e. The van der Waals surface area contributed by atoms with Crippen LogP contribution < -0.4 is 0 Å². The zero-order valence-corrected chi connectivity index (χ0v) is 17.4. The van der Waals surface area contributed by atoms with Gasteiger partial charge in [-0.3, -0.25) is 0 Å². The van der Waals surface area contributed by atoms with Crippen molar-refractivity contribution >= 4 is 0 Å². The number of hydrogen-bond acceptors (Lipinski definition) is 0. The molecule has 0 heteroatoms. The Labute approximate surface area is 179 Å². The molecule has 2 aliphatic rings. The second-order valence-corrected chi connectivity index (χ2v) is 8.76. The van der Waals surface area contributed by atoms with E-state index in [1.54, 1.807) is 0 Å². The summed E-state index contributed by atoms with van der Waals surface area (Å²) in [6.07, 6.45) is 2.42. The molecule has 0 saturated carbocycles. The lowest BCUT2D eigenvalue weighted by Crippen LogP contribution is -2.20. The van der Waals surface area contributed by atoms with Crippen LogP contribution in [-0.2, 0) is 0 Å². The molecule has 0 spiro atoms. The van der Waals surface area contributed by atoms with Gasteiger partial charge in [0, 0.05) is 11.8 Å². The maximum atomic E-state index is 2.37. The van der Waals surface area contributed by atoms with E-state index in [0.717, 1.165) is 0 Å². The number of rotatable bonds is 4. The minimum absolute atomic E-state index is 0.446. The predicted molar refractivity (Wildman–Crippen MR) is 126 cm³/mol. The van der Waals surface area contributed by atoms with Crippen molar-refractivity contribution in [2.24, 2.45) is 5.92 Å². The molecule has 0 heterocycles. The van der Waals surface area contributed by atoms with Crippen molar-refractivity contribution in [3.8, 4) is 22.3 Å². The average molecular weight is 387 g/mol.